The Morgan fingerprint density at radius 1 is 1.35 bits per heavy atom. The normalized spacial score (nSPS) is 16.2. The number of methoxy groups -OCH3 is 2. The number of hydrogen-bond donors (Lipinski definition) is 2. The van der Waals surface area contributed by atoms with E-state index in [0.717, 1.165) is 43.4 Å². The summed E-state index contributed by atoms with van der Waals surface area (Å²) in [6.45, 7) is 4.83. The van der Waals surface area contributed by atoms with Gasteiger partial charge in [-0.25, -0.2) is 14.8 Å². The molecule has 1 aliphatic rings. The summed E-state index contributed by atoms with van der Waals surface area (Å²) in [7, 11) is 2.87. The van der Waals surface area contributed by atoms with Crippen molar-refractivity contribution in [1.82, 2.24) is 15.6 Å². The second-order valence-electron chi connectivity index (χ2n) is 7.11. The van der Waals surface area contributed by atoms with Gasteiger partial charge in [-0.2, -0.15) is 0 Å². The molecule has 3 rings (SSSR count). The van der Waals surface area contributed by atoms with Gasteiger partial charge in [0.05, 0.1) is 25.8 Å². The molecule has 1 saturated heterocycles. The molecule has 1 unspecified atom stereocenters. The van der Waals surface area contributed by atoms with E-state index < -0.39 is 5.97 Å². The van der Waals surface area contributed by atoms with Crippen LogP contribution in [-0.4, -0.2) is 56.8 Å². The van der Waals surface area contributed by atoms with E-state index in [1.165, 1.54) is 14.2 Å². The lowest BCUT2D eigenvalue weighted by molar-refractivity contribution is 0.0597. The van der Waals surface area contributed by atoms with Crippen LogP contribution in [0.15, 0.2) is 41.5 Å². The molecule has 0 radical (unpaired) electrons. The van der Waals surface area contributed by atoms with Crippen molar-refractivity contribution in [3.63, 3.8) is 0 Å². The number of carbonyl (C=O) groups excluding carboxylic acids is 1. The number of aliphatic imine (C=N–C) groups is 1. The molecule has 1 atom stereocenters. The molecule has 0 amide bonds. The number of hydrogen-bond acceptors (Lipinski definition) is 6. The zero-order valence-electron chi connectivity index (χ0n) is 18.0. The van der Waals surface area contributed by atoms with Crippen molar-refractivity contribution >= 4 is 29.3 Å². The third-order valence-corrected chi connectivity index (χ3v) is 5.30. The van der Waals surface area contributed by atoms with Gasteiger partial charge < -0.3 is 25.0 Å². The molecular formula is C22H28ClN5O3. The molecule has 0 spiro atoms. The Kier molecular flexibility index (Phi) is 7.94. The van der Waals surface area contributed by atoms with E-state index in [0.29, 0.717) is 22.9 Å². The van der Waals surface area contributed by atoms with Gasteiger partial charge in [0.15, 0.2) is 5.96 Å². The number of rotatable bonds is 7. The molecule has 0 bridgehead atoms. The second kappa shape index (κ2) is 10.9. The van der Waals surface area contributed by atoms with E-state index in [1.54, 1.807) is 18.3 Å². The van der Waals surface area contributed by atoms with E-state index in [2.05, 4.69) is 25.5 Å². The third kappa shape index (κ3) is 5.79. The molecule has 1 fully saturated rings. The predicted molar refractivity (Wildman–Crippen MR) is 122 cm³/mol. The highest BCUT2D eigenvalue weighted by molar-refractivity contribution is 6.32. The van der Waals surface area contributed by atoms with Crippen LogP contribution in [0.2, 0.25) is 5.02 Å². The molecule has 8 nitrogen and oxygen atoms in total. The Morgan fingerprint density at radius 3 is 2.90 bits per heavy atom. The topological polar surface area (TPSA) is 88.1 Å². The minimum Gasteiger partial charge on any atom is -0.496 e. The number of aromatic nitrogens is 1. The van der Waals surface area contributed by atoms with E-state index in [9.17, 15) is 4.79 Å². The first-order valence-electron chi connectivity index (χ1n) is 10.2. The van der Waals surface area contributed by atoms with Gasteiger partial charge in [-0.3, -0.25) is 0 Å². The highest BCUT2D eigenvalue weighted by Crippen LogP contribution is 2.26. The van der Waals surface area contributed by atoms with Crippen LogP contribution in [0.1, 0.15) is 29.3 Å². The summed E-state index contributed by atoms with van der Waals surface area (Å²) in [5, 5.41) is 7.42. The third-order valence-electron chi connectivity index (χ3n) is 5.00. The number of benzene rings is 1. The number of esters is 1. The number of anilines is 1. The number of nitrogens with zero attached hydrogens (tertiary/aromatic N) is 3. The molecule has 0 saturated carbocycles. The minimum atomic E-state index is -0.438. The predicted octanol–water partition coefficient (Wildman–Crippen LogP) is 2.86. The molecule has 1 aliphatic heterocycles. The van der Waals surface area contributed by atoms with Crippen LogP contribution in [-0.2, 0) is 11.3 Å². The van der Waals surface area contributed by atoms with Crippen LogP contribution in [0, 0.1) is 0 Å². The van der Waals surface area contributed by atoms with E-state index in [1.807, 2.05) is 25.1 Å². The first kappa shape index (κ1) is 22.7. The monoisotopic (exact) mass is 445 g/mol. The van der Waals surface area contributed by atoms with Gasteiger partial charge >= 0.3 is 5.97 Å². The van der Waals surface area contributed by atoms with Crippen LogP contribution in [0.25, 0.3) is 0 Å². The minimum absolute atomic E-state index is 0.220. The molecule has 1 aromatic heterocycles. The van der Waals surface area contributed by atoms with Crippen molar-refractivity contribution in [2.45, 2.75) is 25.9 Å². The van der Waals surface area contributed by atoms with Gasteiger partial charge in [0.1, 0.15) is 17.1 Å². The van der Waals surface area contributed by atoms with Gasteiger partial charge in [0, 0.05) is 31.9 Å². The SMILES string of the molecule is CCNC(=NCc1ccc(OC)c(C(=O)OC)c1)NC1CCN(c2ncccc2Cl)C1. The summed E-state index contributed by atoms with van der Waals surface area (Å²) in [6.07, 6.45) is 2.71. The Morgan fingerprint density at radius 2 is 2.19 bits per heavy atom. The molecule has 9 heteroatoms. The maximum absolute atomic E-state index is 12.0. The first-order chi connectivity index (χ1) is 15.0. The average molecular weight is 446 g/mol. The van der Waals surface area contributed by atoms with Gasteiger partial charge in [-0.05, 0) is 43.2 Å². The molecule has 2 heterocycles. The molecule has 1 aromatic carbocycles. The van der Waals surface area contributed by atoms with Gasteiger partial charge in [0.2, 0.25) is 0 Å². The lowest BCUT2D eigenvalue weighted by Gasteiger charge is -2.20. The number of guanidine groups is 1. The van der Waals surface area contributed by atoms with E-state index in [4.69, 9.17) is 21.1 Å². The summed E-state index contributed by atoms with van der Waals surface area (Å²) in [5.74, 6) is 1.57. The lowest BCUT2D eigenvalue weighted by atomic mass is 10.1. The zero-order chi connectivity index (χ0) is 22.2. The Labute approximate surface area is 187 Å². The van der Waals surface area contributed by atoms with Gasteiger partial charge in [-0.1, -0.05) is 17.7 Å². The molecule has 2 aromatic rings. The summed E-state index contributed by atoms with van der Waals surface area (Å²) in [5.41, 5.74) is 1.26. The van der Waals surface area contributed by atoms with Gasteiger partial charge in [0.25, 0.3) is 0 Å². The van der Waals surface area contributed by atoms with Crippen LogP contribution in [0.3, 0.4) is 0 Å². The number of halogens is 1. The van der Waals surface area contributed by atoms with E-state index >= 15 is 0 Å². The fraction of sp³-hybridized carbons (Fsp3) is 0.409. The van der Waals surface area contributed by atoms with Crippen LogP contribution in [0.5, 0.6) is 5.75 Å². The zero-order valence-corrected chi connectivity index (χ0v) is 18.8. The fourth-order valence-electron chi connectivity index (χ4n) is 3.49. The molecule has 0 aliphatic carbocycles. The number of carbonyl (C=O) groups is 1. The van der Waals surface area contributed by atoms with Crippen molar-refractivity contribution in [3.8, 4) is 5.75 Å². The highest BCUT2D eigenvalue weighted by Gasteiger charge is 2.25. The van der Waals surface area contributed by atoms with Crippen molar-refractivity contribution < 1.29 is 14.3 Å². The van der Waals surface area contributed by atoms with E-state index in [-0.39, 0.29) is 6.04 Å². The maximum Gasteiger partial charge on any atom is 0.341 e. The standard InChI is InChI=1S/C22H28ClN5O3/c1-4-24-22(26-13-15-7-8-19(30-2)17(12-15)21(29)31-3)27-16-9-11-28(14-16)20-18(23)6-5-10-25-20/h5-8,10,12,16H,4,9,11,13-14H2,1-3H3,(H2,24,26,27). The Bertz CT molecular complexity index is 937. The number of nitrogens with one attached hydrogen (secondary N) is 2. The van der Waals surface area contributed by atoms with Gasteiger partial charge in [-0.15, -0.1) is 0 Å². The lowest BCUT2D eigenvalue weighted by Crippen LogP contribution is -2.44. The average Bonchev–Trinajstić information content (AvgIpc) is 3.25. The Hall–Kier alpha value is -3.00. The summed E-state index contributed by atoms with van der Waals surface area (Å²) >= 11 is 6.29. The maximum atomic E-state index is 12.0. The quantitative estimate of drug-likeness (QED) is 0.385. The number of ether oxygens (including phenoxy) is 2. The smallest absolute Gasteiger partial charge is 0.341 e. The first-order valence-corrected chi connectivity index (χ1v) is 10.6. The van der Waals surface area contributed by atoms with Crippen LogP contribution < -0.4 is 20.3 Å². The summed E-state index contributed by atoms with van der Waals surface area (Å²) < 4.78 is 10.1. The summed E-state index contributed by atoms with van der Waals surface area (Å²) in [6, 6.07) is 9.29. The van der Waals surface area contributed by atoms with Crippen LogP contribution >= 0.6 is 11.6 Å². The highest BCUT2D eigenvalue weighted by atomic mass is 35.5. The molecule has 166 valence electrons. The van der Waals surface area contributed by atoms with Crippen molar-refractivity contribution in [2.24, 2.45) is 4.99 Å². The molecular weight excluding hydrogens is 418 g/mol. The Balaban J connectivity index is 1.67. The molecule has 31 heavy (non-hydrogen) atoms. The molecule has 2 N–H and O–H groups in total. The largest absolute Gasteiger partial charge is 0.496 e. The second-order valence-corrected chi connectivity index (χ2v) is 7.51. The fourth-order valence-corrected chi connectivity index (χ4v) is 3.73. The van der Waals surface area contributed by atoms with Crippen LogP contribution in [0.4, 0.5) is 5.82 Å². The van der Waals surface area contributed by atoms with Crippen molar-refractivity contribution in [2.75, 3.05) is 38.8 Å². The number of pyridine rings is 1. The van der Waals surface area contributed by atoms with Crippen molar-refractivity contribution in [1.29, 1.82) is 0 Å². The summed E-state index contributed by atoms with van der Waals surface area (Å²) in [4.78, 5) is 23.3. The van der Waals surface area contributed by atoms with Crippen molar-refractivity contribution in [3.05, 3.63) is 52.7 Å².